The first-order valence-corrected chi connectivity index (χ1v) is 9.20. The summed E-state index contributed by atoms with van der Waals surface area (Å²) in [6.45, 7) is 2.13. The predicted octanol–water partition coefficient (Wildman–Crippen LogP) is 3.18. The van der Waals surface area contributed by atoms with Crippen LogP contribution >= 0.6 is 0 Å². The first-order valence-electron chi connectivity index (χ1n) is 9.20. The number of hydrogen-bond acceptors (Lipinski definition) is 4. The van der Waals surface area contributed by atoms with Gasteiger partial charge in [0.2, 0.25) is 5.91 Å². The van der Waals surface area contributed by atoms with Gasteiger partial charge in [-0.1, -0.05) is 6.42 Å². The fraction of sp³-hybridized carbons (Fsp3) is 0.500. The summed E-state index contributed by atoms with van der Waals surface area (Å²) in [5.41, 5.74) is 3.14. The number of amides is 1. The van der Waals surface area contributed by atoms with E-state index in [2.05, 4.69) is 4.98 Å². The van der Waals surface area contributed by atoms with E-state index in [1.54, 1.807) is 14.2 Å². The van der Waals surface area contributed by atoms with Gasteiger partial charge in [-0.05, 0) is 37.1 Å². The Balaban J connectivity index is 1.58. The summed E-state index contributed by atoms with van der Waals surface area (Å²) in [4.78, 5) is 22.5. The summed E-state index contributed by atoms with van der Waals surface area (Å²) >= 11 is 0. The highest BCUT2D eigenvalue weighted by Crippen LogP contribution is 2.24. The van der Waals surface area contributed by atoms with Crippen LogP contribution in [0.3, 0.4) is 0 Å². The minimum absolute atomic E-state index is 0.230. The van der Waals surface area contributed by atoms with Crippen LogP contribution in [-0.4, -0.2) is 48.1 Å². The lowest BCUT2D eigenvalue weighted by Crippen LogP contribution is -2.35. The molecule has 0 saturated heterocycles. The van der Waals surface area contributed by atoms with Gasteiger partial charge < -0.3 is 19.4 Å². The number of carbonyl (C=O) groups excluding carboxylic acids is 1. The number of H-pyrrole nitrogens is 1. The van der Waals surface area contributed by atoms with Crippen molar-refractivity contribution >= 4 is 5.91 Å². The fourth-order valence-corrected chi connectivity index (χ4v) is 3.25. The van der Waals surface area contributed by atoms with Crippen LogP contribution in [0.5, 0.6) is 5.75 Å². The van der Waals surface area contributed by atoms with Gasteiger partial charge in [-0.15, -0.1) is 0 Å². The Morgan fingerprint density at radius 3 is 2.73 bits per heavy atom. The van der Waals surface area contributed by atoms with Gasteiger partial charge in [-0.2, -0.15) is 0 Å². The highest BCUT2D eigenvalue weighted by molar-refractivity contribution is 5.76. The van der Waals surface area contributed by atoms with Crippen molar-refractivity contribution in [1.29, 1.82) is 0 Å². The minimum Gasteiger partial charge on any atom is -0.497 e. The van der Waals surface area contributed by atoms with Crippen molar-refractivity contribution in [2.45, 2.75) is 38.6 Å². The second-order valence-electron chi connectivity index (χ2n) is 6.61. The number of carbonyl (C=O) groups is 1. The summed E-state index contributed by atoms with van der Waals surface area (Å²) in [6.07, 6.45) is 4.38. The Morgan fingerprint density at radius 1 is 1.19 bits per heavy atom. The summed E-state index contributed by atoms with van der Waals surface area (Å²) in [5, 5.41) is 0. The van der Waals surface area contributed by atoms with Crippen LogP contribution in [-0.2, 0) is 22.5 Å². The minimum atomic E-state index is 0.230. The van der Waals surface area contributed by atoms with Crippen molar-refractivity contribution in [2.75, 3.05) is 27.4 Å². The van der Waals surface area contributed by atoms with Crippen LogP contribution < -0.4 is 4.74 Å². The molecular formula is C20H27N3O3. The molecule has 26 heavy (non-hydrogen) atoms. The molecule has 0 unspecified atom stereocenters. The molecule has 1 amide bonds. The molecule has 0 spiro atoms. The molecule has 2 heterocycles. The van der Waals surface area contributed by atoms with Crippen LogP contribution in [0.2, 0.25) is 0 Å². The molecule has 6 heteroatoms. The second-order valence-corrected chi connectivity index (χ2v) is 6.61. The SMILES string of the molecule is COCCCCCC(=O)N1CCc2nc(-c3ccc(OC)cc3)[nH]c2C1. The number of nitrogens with one attached hydrogen (secondary N) is 1. The molecule has 140 valence electrons. The lowest BCUT2D eigenvalue weighted by Gasteiger charge is -2.26. The van der Waals surface area contributed by atoms with Gasteiger partial charge in [-0.25, -0.2) is 4.98 Å². The summed E-state index contributed by atoms with van der Waals surface area (Å²) < 4.78 is 10.2. The van der Waals surface area contributed by atoms with E-state index < -0.39 is 0 Å². The number of fused-ring (bicyclic) bond motifs is 1. The summed E-state index contributed by atoms with van der Waals surface area (Å²) in [7, 11) is 3.37. The normalized spacial score (nSPS) is 13.5. The van der Waals surface area contributed by atoms with Crippen molar-refractivity contribution < 1.29 is 14.3 Å². The zero-order chi connectivity index (χ0) is 18.4. The standard InChI is InChI=1S/C20H27N3O3/c1-25-13-5-3-4-6-19(24)23-12-11-17-18(14-23)22-20(21-17)15-7-9-16(26-2)10-8-15/h7-10H,3-6,11-14H2,1-2H3,(H,21,22). The number of aromatic amines is 1. The van der Waals surface area contributed by atoms with Gasteiger partial charge >= 0.3 is 0 Å². The molecule has 0 bridgehead atoms. The molecular weight excluding hydrogens is 330 g/mol. The van der Waals surface area contributed by atoms with Gasteiger partial charge in [0.25, 0.3) is 0 Å². The van der Waals surface area contributed by atoms with E-state index in [9.17, 15) is 4.79 Å². The number of rotatable bonds is 8. The van der Waals surface area contributed by atoms with Crippen molar-refractivity contribution in [1.82, 2.24) is 14.9 Å². The molecule has 0 radical (unpaired) electrons. The zero-order valence-electron chi connectivity index (χ0n) is 15.6. The van der Waals surface area contributed by atoms with E-state index >= 15 is 0 Å². The third kappa shape index (κ3) is 4.43. The lowest BCUT2D eigenvalue weighted by atomic mass is 10.1. The topological polar surface area (TPSA) is 67.4 Å². The molecule has 1 aliphatic heterocycles. The van der Waals surface area contributed by atoms with Gasteiger partial charge in [-0.3, -0.25) is 4.79 Å². The Morgan fingerprint density at radius 2 is 2.00 bits per heavy atom. The number of nitrogens with zero attached hydrogens (tertiary/aromatic N) is 2. The van der Waals surface area contributed by atoms with Crippen molar-refractivity contribution in [3.05, 3.63) is 35.7 Å². The van der Waals surface area contributed by atoms with Crippen molar-refractivity contribution in [2.24, 2.45) is 0 Å². The first kappa shape index (κ1) is 18.5. The molecule has 0 aliphatic carbocycles. The Bertz CT molecular complexity index is 724. The maximum absolute atomic E-state index is 12.4. The van der Waals surface area contributed by atoms with Crippen molar-refractivity contribution in [3.63, 3.8) is 0 Å². The molecule has 1 aromatic carbocycles. The van der Waals surface area contributed by atoms with Crippen molar-refractivity contribution in [3.8, 4) is 17.1 Å². The van der Waals surface area contributed by atoms with Crippen LogP contribution in [0.15, 0.2) is 24.3 Å². The zero-order valence-corrected chi connectivity index (χ0v) is 15.6. The molecule has 0 atom stereocenters. The van der Waals surface area contributed by atoms with E-state index in [0.29, 0.717) is 13.0 Å². The Labute approximate surface area is 154 Å². The molecule has 1 N–H and O–H groups in total. The molecule has 0 fully saturated rings. The van der Waals surface area contributed by atoms with E-state index in [4.69, 9.17) is 14.5 Å². The predicted molar refractivity (Wildman–Crippen MR) is 100 cm³/mol. The molecule has 6 nitrogen and oxygen atoms in total. The lowest BCUT2D eigenvalue weighted by molar-refractivity contribution is -0.132. The number of imidazole rings is 1. The number of hydrogen-bond donors (Lipinski definition) is 1. The second kappa shape index (κ2) is 8.85. The first-order chi connectivity index (χ1) is 12.7. The maximum Gasteiger partial charge on any atom is 0.222 e. The van der Waals surface area contributed by atoms with Crippen LogP contribution in [0.4, 0.5) is 0 Å². The molecule has 1 aliphatic rings. The van der Waals surface area contributed by atoms with E-state index in [1.165, 1.54) is 0 Å². The smallest absolute Gasteiger partial charge is 0.222 e. The number of methoxy groups -OCH3 is 2. The van der Waals surface area contributed by atoms with Gasteiger partial charge in [0.15, 0.2) is 0 Å². The largest absolute Gasteiger partial charge is 0.497 e. The Hall–Kier alpha value is -2.34. The number of aromatic nitrogens is 2. The molecule has 2 aromatic rings. The van der Waals surface area contributed by atoms with Crippen LogP contribution in [0.1, 0.15) is 37.1 Å². The molecule has 1 aromatic heterocycles. The fourth-order valence-electron chi connectivity index (χ4n) is 3.25. The average Bonchev–Trinajstić information content (AvgIpc) is 3.11. The number of unbranched alkanes of at least 4 members (excludes halogenated alkanes) is 2. The number of benzene rings is 1. The maximum atomic E-state index is 12.4. The molecule has 3 rings (SSSR count). The number of ether oxygens (including phenoxy) is 2. The monoisotopic (exact) mass is 357 g/mol. The highest BCUT2D eigenvalue weighted by Gasteiger charge is 2.23. The van der Waals surface area contributed by atoms with Crippen LogP contribution in [0, 0.1) is 0 Å². The highest BCUT2D eigenvalue weighted by atomic mass is 16.5. The van der Waals surface area contributed by atoms with Gasteiger partial charge in [0, 0.05) is 38.7 Å². The van der Waals surface area contributed by atoms with Gasteiger partial charge in [0.05, 0.1) is 25.0 Å². The summed E-state index contributed by atoms with van der Waals surface area (Å²) in [6, 6.07) is 7.84. The average molecular weight is 357 g/mol. The quantitative estimate of drug-likeness (QED) is 0.737. The molecule has 0 saturated carbocycles. The Kier molecular flexibility index (Phi) is 6.28. The third-order valence-corrected chi connectivity index (χ3v) is 4.79. The van der Waals surface area contributed by atoms with E-state index in [0.717, 1.165) is 67.4 Å². The summed E-state index contributed by atoms with van der Waals surface area (Å²) in [5.74, 6) is 1.91. The third-order valence-electron chi connectivity index (χ3n) is 4.79. The van der Waals surface area contributed by atoms with E-state index in [1.807, 2.05) is 29.2 Å². The van der Waals surface area contributed by atoms with Gasteiger partial charge in [0.1, 0.15) is 11.6 Å². The van der Waals surface area contributed by atoms with Crippen LogP contribution in [0.25, 0.3) is 11.4 Å². The van der Waals surface area contributed by atoms with E-state index in [-0.39, 0.29) is 5.91 Å².